The molecule has 2 aromatic carbocycles. The van der Waals surface area contributed by atoms with E-state index >= 15 is 0 Å². The fourth-order valence-electron chi connectivity index (χ4n) is 2.40. The number of aryl methyl sites for hydroxylation is 2. The zero-order chi connectivity index (χ0) is 16.9. The van der Waals surface area contributed by atoms with Gasteiger partial charge in [-0.3, -0.25) is 0 Å². The third-order valence-electron chi connectivity index (χ3n) is 3.47. The van der Waals surface area contributed by atoms with E-state index in [1.54, 1.807) is 22.5 Å². The Morgan fingerprint density at radius 3 is 2.62 bits per heavy atom. The Balaban J connectivity index is 1.64. The van der Waals surface area contributed by atoms with Crippen LogP contribution in [-0.2, 0) is 0 Å². The number of halogens is 1. The van der Waals surface area contributed by atoms with E-state index in [0.717, 1.165) is 33.5 Å². The molecule has 3 rings (SSSR count). The first-order valence-corrected chi connectivity index (χ1v) is 8.87. The standard InChI is InChI=1S/C17H17ClN4OS/c1-12-5-3-6-13(2)16(12)22-17(19-20-21-22)24-10-9-23-15-8-4-7-14(18)11-15/h3-8,11H,9-10H2,1-2H3. The number of rotatable bonds is 6. The lowest BCUT2D eigenvalue weighted by molar-refractivity contribution is 0.344. The summed E-state index contributed by atoms with van der Waals surface area (Å²) in [4.78, 5) is 0. The van der Waals surface area contributed by atoms with Gasteiger partial charge in [-0.15, -0.1) is 5.10 Å². The molecule has 1 heterocycles. The van der Waals surface area contributed by atoms with Gasteiger partial charge in [-0.25, -0.2) is 0 Å². The van der Waals surface area contributed by atoms with Gasteiger partial charge in [0.2, 0.25) is 5.16 Å². The van der Waals surface area contributed by atoms with E-state index in [4.69, 9.17) is 16.3 Å². The van der Waals surface area contributed by atoms with Crippen LogP contribution in [0.4, 0.5) is 0 Å². The highest BCUT2D eigenvalue weighted by Gasteiger charge is 2.13. The molecule has 0 unspecified atom stereocenters. The van der Waals surface area contributed by atoms with Crippen LogP contribution in [0.3, 0.4) is 0 Å². The Bertz CT molecular complexity index is 817. The molecule has 0 fully saturated rings. The zero-order valence-electron chi connectivity index (χ0n) is 13.4. The summed E-state index contributed by atoms with van der Waals surface area (Å²) in [5.41, 5.74) is 3.31. The van der Waals surface area contributed by atoms with Crippen LogP contribution >= 0.6 is 23.4 Å². The highest BCUT2D eigenvalue weighted by Crippen LogP contribution is 2.23. The third kappa shape index (κ3) is 3.88. The quantitative estimate of drug-likeness (QED) is 0.489. The SMILES string of the molecule is Cc1cccc(C)c1-n1nnnc1SCCOc1cccc(Cl)c1. The molecule has 1 aromatic heterocycles. The van der Waals surface area contributed by atoms with E-state index in [0.29, 0.717) is 11.6 Å². The van der Waals surface area contributed by atoms with E-state index in [1.165, 1.54) is 0 Å². The molecule has 0 saturated heterocycles. The minimum Gasteiger partial charge on any atom is -0.493 e. The van der Waals surface area contributed by atoms with Gasteiger partial charge in [0.1, 0.15) is 5.75 Å². The number of tetrazole rings is 1. The summed E-state index contributed by atoms with van der Waals surface area (Å²) in [6.07, 6.45) is 0. The summed E-state index contributed by atoms with van der Waals surface area (Å²) < 4.78 is 7.48. The van der Waals surface area contributed by atoms with E-state index in [9.17, 15) is 0 Å². The van der Waals surface area contributed by atoms with Crippen LogP contribution in [0.25, 0.3) is 5.69 Å². The average Bonchev–Trinajstić information content (AvgIpc) is 3.00. The van der Waals surface area contributed by atoms with Crippen LogP contribution in [0.5, 0.6) is 5.75 Å². The van der Waals surface area contributed by atoms with Crippen LogP contribution in [0.15, 0.2) is 47.6 Å². The van der Waals surface area contributed by atoms with E-state index in [1.807, 2.05) is 24.3 Å². The van der Waals surface area contributed by atoms with Crippen molar-refractivity contribution in [2.24, 2.45) is 0 Å². The molecule has 7 heteroatoms. The number of hydrogen-bond donors (Lipinski definition) is 0. The topological polar surface area (TPSA) is 52.8 Å². The van der Waals surface area contributed by atoms with E-state index in [-0.39, 0.29) is 0 Å². The van der Waals surface area contributed by atoms with Crippen molar-refractivity contribution < 1.29 is 4.74 Å². The van der Waals surface area contributed by atoms with Crippen molar-refractivity contribution in [3.8, 4) is 11.4 Å². The second-order valence-corrected chi connectivity index (χ2v) is 6.77. The summed E-state index contributed by atoms with van der Waals surface area (Å²) in [6.45, 7) is 4.66. The largest absolute Gasteiger partial charge is 0.493 e. The van der Waals surface area contributed by atoms with Gasteiger partial charge in [-0.1, -0.05) is 47.6 Å². The Hall–Kier alpha value is -2.05. The molecule has 0 aliphatic carbocycles. The maximum Gasteiger partial charge on any atom is 0.214 e. The highest BCUT2D eigenvalue weighted by molar-refractivity contribution is 7.99. The molecule has 5 nitrogen and oxygen atoms in total. The Morgan fingerprint density at radius 1 is 1.12 bits per heavy atom. The second-order valence-electron chi connectivity index (χ2n) is 5.27. The Kier molecular flexibility index (Phi) is 5.37. The number of para-hydroxylation sites is 1. The van der Waals surface area contributed by atoms with Crippen molar-refractivity contribution in [3.05, 3.63) is 58.6 Å². The Labute approximate surface area is 150 Å². The normalized spacial score (nSPS) is 10.8. The van der Waals surface area contributed by atoms with Crippen LogP contribution < -0.4 is 4.74 Å². The lowest BCUT2D eigenvalue weighted by Crippen LogP contribution is -2.06. The number of ether oxygens (including phenoxy) is 1. The molecule has 0 spiro atoms. The van der Waals surface area contributed by atoms with Gasteiger partial charge in [-0.2, -0.15) is 4.68 Å². The maximum absolute atomic E-state index is 5.94. The first-order chi connectivity index (χ1) is 11.6. The fourth-order valence-corrected chi connectivity index (χ4v) is 3.27. The van der Waals surface area contributed by atoms with Gasteiger partial charge in [0.25, 0.3) is 0 Å². The molecule has 3 aromatic rings. The van der Waals surface area contributed by atoms with Crippen LogP contribution in [0, 0.1) is 13.8 Å². The van der Waals surface area contributed by atoms with Gasteiger partial charge in [0, 0.05) is 10.8 Å². The number of aromatic nitrogens is 4. The Morgan fingerprint density at radius 2 is 1.88 bits per heavy atom. The maximum atomic E-state index is 5.94. The summed E-state index contributed by atoms with van der Waals surface area (Å²) in [5.74, 6) is 1.50. The summed E-state index contributed by atoms with van der Waals surface area (Å²) in [7, 11) is 0. The average molecular weight is 361 g/mol. The van der Waals surface area contributed by atoms with E-state index < -0.39 is 0 Å². The van der Waals surface area contributed by atoms with Crippen LogP contribution in [0.2, 0.25) is 5.02 Å². The summed E-state index contributed by atoms with van der Waals surface area (Å²) in [5, 5.41) is 13.5. The minimum absolute atomic E-state index is 0.546. The molecule has 0 amide bonds. The predicted molar refractivity (Wildman–Crippen MR) is 96.3 cm³/mol. The molecule has 0 aliphatic rings. The summed E-state index contributed by atoms with van der Waals surface area (Å²) >= 11 is 7.50. The lowest BCUT2D eigenvalue weighted by Gasteiger charge is -2.10. The predicted octanol–water partition coefficient (Wildman–Crippen LogP) is 4.10. The fraction of sp³-hybridized carbons (Fsp3) is 0.235. The molecule has 24 heavy (non-hydrogen) atoms. The molecule has 124 valence electrons. The van der Waals surface area contributed by atoms with E-state index in [2.05, 4.69) is 41.5 Å². The van der Waals surface area contributed by atoms with Crippen molar-refractivity contribution in [2.45, 2.75) is 19.0 Å². The number of nitrogens with zero attached hydrogens (tertiary/aromatic N) is 4. The lowest BCUT2D eigenvalue weighted by atomic mass is 10.1. The number of hydrogen-bond acceptors (Lipinski definition) is 5. The molecule has 0 radical (unpaired) electrons. The minimum atomic E-state index is 0.546. The zero-order valence-corrected chi connectivity index (χ0v) is 15.0. The van der Waals surface area contributed by atoms with Gasteiger partial charge in [0.15, 0.2) is 0 Å². The molecule has 0 atom stereocenters. The monoisotopic (exact) mass is 360 g/mol. The first kappa shape index (κ1) is 16.8. The van der Waals surface area contributed by atoms with Gasteiger partial charge >= 0.3 is 0 Å². The van der Waals surface area contributed by atoms with Crippen LogP contribution in [-0.4, -0.2) is 32.6 Å². The van der Waals surface area contributed by atoms with Crippen molar-refractivity contribution in [1.82, 2.24) is 20.2 Å². The third-order valence-corrected chi connectivity index (χ3v) is 4.59. The first-order valence-electron chi connectivity index (χ1n) is 7.51. The molecular weight excluding hydrogens is 344 g/mol. The molecule has 0 saturated carbocycles. The summed E-state index contributed by atoms with van der Waals surface area (Å²) in [6, 6.07) is 13.5. The highest BCUT2D eigenvalue weighted by atomic mass is 35.5. The second kappa shape index (κ2) is 7.68. The molecule has 0 N–H and O–H groups in total. The van der Waals surface area contributed by atoms with Crippen molar-refractivity contribution in [1.29, 1.82) is 0 Å². The number of thioether (sulfide) groups is 1. The van der Waals surface area contributed by atoms with Gasteiger partial charge in [0.05, 0.1) is 12.3 Å². The van der Waals surface area contributed by atoms with Crippen molar-refractivity contribution in [2.75, 3.05) is 12.4 Å². The molecule has 0 bridgehead atoms. The molecular formula is C17H17ClN4OS. The smallest absolute Gasteiger partial charge is 0.214 e. The van der Waals surface area contributed by atoms with Crippen LogP contribution in [0.1, 0.15) is 11.1 Å². The number of benzene rings is 2. The molecule has 0 aliphatic heterocycles. The van der Waals surface area contributed by atoms with Gasteiger partial charge in [-0.05, 0) is 53.6 Å². The van der Waals surface area contributed by atoms with Crippen molar-refractivity contribution in [3.63, 3.8) is 0 Å². The van der Waals surface area contributed by atoms with Crippen molar-refractivity contribution >= 4 is 23.4 Å². The van der Waals surface area contributed by atoms with Gasteiger partial charge < -0.3 is 4.74 Å².